The zero-order valence-electron chi connectivity index (χ0n) is 22.6. The molecule has 3 heterocycles. The van der Waals surface area contributed by atoms with Gasteiger partial charge in [0, 0.05) is 25.0 Å². The fourth-order valence-electron chi connectivity index (χ4n) is 6.68. The van der Waals surface area contributed by atoms with E-state index in [9.17, 15) is 24.6 Å². The Balaban J connectivity index is 1.55. The normalized spacial score (nSPS) is 46.4. The minimum absolute atomic E-state index is 0.0358. The lowest BCUT2D eigenvalue weighted by atomic mass is 9.51. The van der Waals surface area contributed by atoms with E-state index in [1.807, 2.05) is 6.92 Å². The van der Waals surface area contributed by atoms with Crippen molar-refractivity contribution in [3.8, 4) is 0 Å². The maximum absolute atomic E-state index is 13.1. The van der Waals surface area contributed by atoms with E-state index in [-0.39, 0.29) is 31.5 Å². The summed E-state index contributed by atoms with van der Waals surface area (Å²) in [6.07, 6.45) is 4.92. The van der Waals surface area contributed by atoms with Gasteiger partial charge in [-0.2, -0.15) is 0 Å². The lowest BCUT2D eigenvalue weighted by Crippen LogP contribution is -2.67. The van der Waals surface area contributed by atoms with Crippen LogP contribution in [0.4, 0.5) is 0 Å². The number of carbonyl (C=O) groups is 3. The second-order valence-electron chi connectivity index (χ2n) is 11.5. The van der Waals surface area contributed by atoms with Crippen molar-refractivity contribution in [2.75, 3.05) is 19.8 Å². The highest BCUT2D eigenvalue weighted by Gasteiger charge is 2.83. The lowest BCUT2D eigenvalue weighted by Gasteiger charge is -2.57. The van der Waals surface area contributed by atoms with Crippen LogP contribution in [-0.2, 0) is 38.1 Å². The summed E-state index contributed by atoms with van der Waals surface area (Å²) in [5, 5.41) is 20.6. The van der Waals surface area contributed by atoms with Gasteiger partial charge in [0.25, 0.3) is 0 Å². The quantitative estimate of drug-likeness (QED) is 0.368. The third-order valence-corrected chi connectivity index (χ3v) is 9.30. The van der Waals surface area contributed by atoms with Crippen molar-refractivity contribution >= 4 is 17.7 Å². The van der Waals surface area contributed by atoms with Crippen LogP contribution >= 0.6 is 0 Å². The van der Waals surface area contributed by atoms with Crippen LogP contribution in [0.25, 0.3) is 0 Å². The first-order valence-corrected chi connectivity index (χ1v) is 13.3. The summed E-state index contributed by atoms with van der Waals surface area (Å²) in [6, 6.07) is 0. The topological polar surface area (TPSA) is 141 Å². The molecule has 0 radical (unpaired) electrons. The molecule has 5 rings (SSSR count). The van der Waals surface area contributed by atoms with Crippen LogP contribution in [-0.4, -0.2) is 90.0 Å². The Kier molecular flexibility index (Phi) is 7.22. The van der Waals surface area contributed by atoms with Gasteiger partial charge in [0.1, 0.15) is 24.4 Å². The molecule has 39 heavy (non-hydrogen) atoms. The van der Waals surface area contributed by atoms with E-state index in [0.29, 0.717) is 24.2 Å². The van der Waals surface area contributed by atoms with Crippen molar-refractivity contribution in [1.82, 2.24) is 0 Å². The van der Waals surface area contributed by atoms with Crippen molar-refractivity contribution in [3.05, 3.63) is 47.6 Å². The van der Waals surface area contributed by atoms with Crippen LogP contribution in [0.2, 0.25) is 0 Å². The number of esters is 2. The molecule has 2 saturated heterocycles. The van der Waals surface area contributed by atoms with Gasteiger partial charge in [0.2, 0.25) is 0 Å². The van der Waals surface area contributed by atoms with Crippen LogP contribution in [0.5, 0.6) is 0 Å². The van der Waals surface area contributed by atoms with E-state index in [4.69, 9.17) is 23.7 Å². The Hall–Kier alpha value is -2.63. The molecule has 0 amide bonds. The molecule has 10 heteroatoms. The van der Waals surface area contributed by atoms with Crippen LogP contribution in [0.3, 0.4) is 0 Å². The number of rotatable bonds is 1. The van der Waals surface area contributed by atoms with E-state index >= 15 is 0 Å². The zero-order valence-corrected chi connectivity index (χ0v) is 22.6. The van der Waals surface area contributed by atoms with E-state index < -0.39 is 58.9 Å². The Bertz CT molecular complexity index is 1160. The third-order valence-electron chi connectivity index (χ3n) is 9.30. The first-order chi connectivity index (χ1) is 18.4. The molecule has 0 aromatic carbocycles. The monoisotopic (exact) mass is 544 g/mol. The van der Waals surface area contributed by atoms with E-state index in [1.165, 1.54) is 25.2 Å². The van der Waals surface area contributed by atoms with Gasteiger partial charge in [0.15, 0.2) is 5.78 Å². The number of epoxide rings is 1. The van der Waals surface area contributed by atoms with Gasteiger partial charge < -0.3 is 33.9 Å². The van der Waals surface area contributed by atoms with Gasteiger partial charge in [-0.1, -0.05) is 25.2 Å². The molecule has 0 aromatic rings. The molecule has 0 aromatic heterocycles. The molecule has 2 aliphatic carbocycles. The molecule has 9 atom stereocenters. The number of aliphatic hydroxyl groups is 2. The second kappa shape index (κ2) is 10.1. The number of aliphatic hydroxyl groups excluding tert-OH is 2. The molecule has 5 aliphatic rings. The molecule has 2 bridgehead atoms. The smallest absolute Gasteiger partial charge is 0.331 e. The molecule has 10 nitrogen and oxygen atoms in total. The van der Waals surface area contributed by atoms with Gasteiger partial charge in [-0.25, -0.2) is 9.59 Å². The molecular weight excluding hydrogens is 508 g/mol. The highest BCUT2D eigenvalue weighted by Crippen LogP contribution is 2.71. The summed E-state index contributed by atoms with van der Waals surface area (Å²) < 4.78 is 29.9. The predicted molar refractivity (Wildman–Crippen MR) is 136 cm³/mol. The van der Waals surface area contributed by atoms with Crippen molar-refractivity contribution in [3.63, 3.8) is 0 Å². The number of hydrogen-bond acceptors (Lipinski definition) is 10. The first-order valence-electron chi connectivity index (χ1n) is 13.3. The summed E-state index contributed by atoms with van der Waals surface area (Å²) in [5.74, 6) is -1.38. The Morgan fingerprint density at radius 3 is 2.51 bits per heavy atom. The molecule has 3 aliphatic heterocycles. The Morgan fingerprint density at radius 2 is 1.82 bits per heavy atom. The van der Waals surface area contributed by atoms with E-state index in [2.05, 4.69) is 0 Å². The lowest BCUT2D eigenvalue weighted by molar-refractivity contribution is -0.230. The minimum Gasteiger partial charge on any atom is -0.462 e. The number of carbonyl (C=O) groups excluding carboxylic acids is 3. The number of hydrogen-bond donors (Lipinski definition) is 2. The second-order valence-corrected chi connectivity index (χ2v) is 11.5. The minimum atomic E-state index is -1.12. The predicted octanol–water partition coefficient (Wildman–Crippen LogP) is 1.49. The van der Waals surface area contributed by atoms with Crippen molar-refractivity contribution in [2.45, 2.75) is 82.8 Å². The summed E-state index contributed by atoms with van der Waals surface area (Å²) in [6.45, 7) is 6.83. The highest BCUT2D eigenvalue weighted by atomic mass is 16.6. The largest absolute Gasteiger partial charge is 0.462 e. The van der Waals surface area contributed by atoms with Crippen molar-refractivity contribution in [2.24, 2.45) is 10.8 Å². The molecular formula is C29H36O10. The van der Waals surface area contributed by atoms with Gasteiger partial charge in [-0.3, -0.25) is 4.79 Å². The molecule has 3 fully saturated rings. The highest BCUT2D eigenvalue weighted by molar-refractivity contribution is 5.96. The maximum Gasteiger partial charge on any atom is 0.331 e. The van der Waals surface area contributed by atoms with Crippen LogP contribution < -0.4 is 0 Å². The summed E-state index contributed by atoms with van der Waals surface area (Å²) >= 11 is 0. The number of Topliss-reactive ketones (excluding diaryl/α,β-unsaturated/α-hetero) is 1. The molecule has 1 saturated carbocycles. The van der Waals surface area contributed by atoms with E-state index in [1.54, 1.807) is 32.1 Å². The Labute approximate surface area is 227 Å². The third kappa shape index (κ3) is 4.52. The van der Waals surface area contributed by atoms with Crippen LogP contribution in [0, 0.1) is 10.8 Å². The first kappa shape index (κ1) is 27.9. The Morgan fingerprint density at radius 1 is 1.08 bits per heavy atom. The maximum atomic E-state index is 13.1. The summed E-state index contributed by atoms with van der Waals surface area (Å²) in [5.41, 5.74) is -1.82. The average molecular weight is 545 g/mol. The number of ether oxygens (including phenoxy) is 5. The SMILES string of the molecule is CC1=C[C@H]2O[C@@H]3C[C@H]4OC(=O)/C=C\C=C\[C@H]([C@H](C)O)OC[C@H](O)/C(C)=C/C(=O)OC[C@@]2(CC1=O)[C@]4(C)[C@]31CO1. The summed E-state index contributed by atoms with van der Waals surface area (Å²) in [4.78, 5) is 39.0. The molecule has 2 spiro atoms. The van der Waals surface area contributed by atoms with Gasteiger partial charge in [-0.05, 0) is 38.0 Å². The number of ketones is 1. The molecule has 2 N–H and O–H groups in total. The molecule has 212 valence electrons. The van der Waals surface area contributed by atoms with Gasteiger partial charge >= 0.3 is 11.9 Å². The summed E-state index contributed by atoms with van der Waals surface area (Å²) in [7, 11) is 0. The number of allylic oxidation sites excluding steroid dienone is 3. The standard InChI is InChI=1S/C29H36O10/c1-16-9-23-28(12-19(16)31)14-36-26(34)10-17(2)20(32)13-35-21(18(3)30)7-5-6-8-25(33)39-22-11-24(38-23)29(15-37-29)27(22,28)4/h5-10,18,20-24,30,32H,11-15H2,1-4H3/b7-5+,8-6-,17-10+/t18-,20-,21+,22+,23+,24+,27+,28+,29-/m0/s1. The van der Waals surface area contributed by atoms with Gasteiger partial charge in [-0.15, -0.1) is 0 Å². The van der Waals surface area contributed by atoms with Crippen LogP contribution in [0.15, 0.2) is 47.6 Å². The van der Waals surface area contributed by atoms with Gasteiger partial charge in [0.05, 0.1) is 48.5 Å². The fraction of sp³-hybridized carbons (Fsp3) is 0.621. The number of cyclic esters (lactones) is 1. The fourth-order valence-corrected chi connectivity index (χ4v) is 6.68. The van der Waals surface area contributed by atoms with Crippen molar-refractivity contribution < 1.29 is 48.3 Å². The average Bonchev–Trinajstić information content (AvgIpc) is 3.65. The molecule has 0 unspecified atom stereocenters. The van der Waals surface area contributed by atoms with E-state index in [0.717, 1.165) is 0 Å². The zero-order chi connectivity index (χ0) is 28.2. The van der Waals surface area contributed by atoms with Crippen molar-refractivity contribution in [1.29, 1.82) is 0 Å². The van der Waals surface area contributed by atoms with Crippen LogP contribution in [0.1, 0.15) is 40.5 Å².